The van der Waals surface area contributed by atoms with Crippen molar-refractivity contribution in [1.29, 1.82) is 0 Å². The summed E-state index contributed by atoms with van der Waals surface area (Å²) in [5.74, 6) is 1.05. The molecule has 28 heavy (non-hydrogen) atoms. The van der Waals surface area contributed by atoms with E-state index in [1.54, 1.807) is 17.9 Å². The molecule has 148 valence electrons. The number of benzene rings is 2. The predicted octanol–water partition coefficient (Wildman–Crippen LogP) is 3.24. The van der Waals surface area contributed by atoms with Crippen LogP contribution in [-0.4, -0.2) is 50.2 Å². The highest BCUT2D eigenvalue weighted by molar-refractivity contribution is 5.79. The molecule has 0 aliphatic heterocycles. The van der Waals surface area contributed by atoms with Gasteiger partial charge in [-0.1, -0.05) is 12.1 Å². The van der Waals surface area contributed by atoms with E-state index in [-0.39, 0.29) is 17.6 Å². The molecule has 0 saturated carbocycles. The number of phenolic OH excluding ortho intramolecular Hbond substituents is 2. The number of nitrogens with zero attached hydrogens (tertiary/aromatic N) is 4. The molecule has 2 N–H and O–H groups in total. The average molecular weight is 384 g/mol. The second kappa shape index (κ2) is 8.71. The van der Waals surface area contributed by atoms with Crippen molar-refractivity contribution >= 4 is 0 Å². The second-order valence-corrected chi connectivity index (χ2v) is 6.65. The number of aryl methyl sites for hydroxylation is 1. The van der Waals surface area contributed by atoms with Crippen LogP contribution >= 0.6 is 0 Å². The Hall–Kier alpha value is -3.13. The number of aromatic nitrogens is 4. The average Bonchev–Trinajstić information content (AvgIpc) is 3.11. The Morgan fingerprint density at radius 2 is 1.75 bits per heavy atom. The van der Waals surface area contributed by atoms with Gasteiger partial charge in [-0.2, -0.15) is 0 Å². The molecule has 0 radical (unpaired) electrons. The summed E-state index contributed by atoms with van der Waals surface area (Å²) in [7, 11) is 1.63. The third kappa shape index (κ3) is 4.40. The number of hydrogen-bond acceptors (Lipinski definition) is 7. The minimum absolute atomic E-state index is 0.0304. The molecule has 8 heteroatoms. The lowest BCUT2D eigenvalue weighted by atomic mass is 10.0. The van der Waals surface area contributed by atoms with Gasteiger partial charge in [-0.3, -0.25) is 0 Å². The summed E-state index contributed by atoms with van der Waals surface area (Å²) < 4.78 is 12.3. The molecule has 0 bridgehead atoms. The topological polar surface area (TPSA) is 103 Å². The first kappa shape index (κ1) is 19.6. The molecule has 1 aromatic heterocycles. The van der Waals surface area contributed by atoms with Crippen molar-refractivity contribution in [3.8, 4) is 39.8 Å². The van der Waals surface area contributed by atoms with Crippen molar-refractivity contribution in [2.24, 2.45) is 0 Å². The van der Waals surface area contributed by atoms with E-state index in [4.69, 9.17) is 9.47 Å². The number of hydrogen-bond donors (Lipinski definition) is 2. The molecule has 3 rings (SSSR count). The highest BCUT2D eigenvalue weighted by Gasteiger charge is 2.17. The van der Waals surface area contributed by atoms with E-state index in [0.29, 0.717) is 30.1 Å². The van der Waals surface area contributed by atoms with Gasteiger partial charge in [0.15, 0.2) is 5.82 Å². The highest BCUT2D eigenvalue weighted by atomic mass is 16.5. The van der Waals surface area contributed by atoms with Crippen LogP contribution in [0.2, 0.25) is 0 Å². The lowest BCUT2D eigenvalue weighted by Gasteiger charge is -2.12. The normalized spacial score (nSPS) is 11.1. The summed E-state index contributed by atoms with van der Waals surface area (Å²) in [5.41, 5.74) is 1.79. The molecule has 0 spiro atoms. The first-order valence-corrected chi connectivity index (χ1v) is 9.08. The number of rotatable bonds is 8. The van der Waals surface area contributed by atoms with Gasteiger partial charge in [-0.15, -0.1) is 5.10 Å². The largest absolute Gasteiger partial charge is 0.507 e. The van der Waals surface area contributed by atoms with Gasteiger partial charge >= 0.3 is 0 Å². The monoisotopic (exact) mass is 384 g/mol. The molecular formula is C20H24N4O4. The van der Waals surface area contributed by atoms with E-state index in [9.17, 15) is 10.2 Å². The molecule has 0 saturated heterocycles. The molecule has 3 aromatic rings. The second-order valence-electron chi connectivity index (χ2n) is 6.65. The molecule has 0 aliphatic carbocycles. The number of methoxy groups -OCH3 is 1. The maximum Gasteiger partial charge on any atom is 0.185 e. The van der Waals surface area contributed by atoms with E-state index in [1.165, 1.54) is 6.07 Å². The first-order valence-electron chi connectivity index (χ1n) is 9.08. The van der Waals surface area contributed by atoms with E-state index < -0.39 is 0 Å². The van der Waals surface area contributed by atoms with Gasteiger partial charge in [0.25, 0.3) is 0 Å². The van der Waals surface area contributed by atoms with Crippen LogP contribution in [0.1, 0.15) is 20.3 Å². The van der Waals surface area contributed by atoms with Crippen LogP contribution in [0.4, 0.5) is 0 Å². The van der Waals surface area contributed by atoms with Crippen LogP contribution in [0.3, 0.4) is 0 Å². The standard InChI is InChI=1S/C20H24N4O4/c1-13(2)28-15-7-5-14(6-8-15)16-11-17(19(26)12-18(16)25)20-21-22-23-24(20)9-4-10-27-3/h5-8,11-13,25-26H,4,9-10H2,1-3H3. The Kier molecular flexibility index (Phi) is 6.10. The van der Waals surface area contributed by atoms with Gasteiger partial charge in [0.2, 0.25) is 0 Å². The van der Waals surface area contributed by atoms with Gasteiger partial charge in [0.1, 0.15) is 17.2 Å². The summed E-state index contributed by atoms with van der Waals surface area (Å²) in [4.78, 5) is 0. The zero-order valence-electron chi connectivity index (χ0n) is 16.2. The lowest BCUT2D eigenvalue weighted by molar-refractivity contribution is 0.189. The Labute approximate surface area is 163 Å². The third-order valence-corrected chi connectivity index (χ3v) is 4.14. The Morgan fingerprint density at radius 1 is 1.04 bits per heavy atom. The van der Waals surface area contributed by atoms with Crippen molar-refractivity contribution < 1.29 is 19.7 Å². The van der Waals surface area contributed by atoms with Crippen LogP contribution < -0.4 is 4.74 Å². The van der Waals surface area contributed by atoms with Gasteiger partial charge in [-0.25, -0.2) is 4.68 Å². The molecule has 0 fully saturated rings. The molecule has 0 aliphatic rings. The van der Waals surface area contributed by atoms with Gasteiger partial charge in [-0.05, 0) is 54.5 Å². The summed E-state index contributed by atoms with van der Waals surface area (Å²) in [5, 5.41) is 32.4. The zero-order chi connectivity index (χ0) is 20.1. The number of tetrazole rings is 1. The first-order chi connectivity index (χ1) is 13.5. The molecule has 1 heterocycles. The maximum atomic E-state index is 10.4. The van der Waals surface area contributed by atoms with Crippen molar-refractivity contribution in [2.75, 3.05) is 13.7 Å². The Bertz CT molecular complexity index is 922. The van der Waals surface area contributed by atoms with E-state index >= 15 is 0 Å². The van der Waals surface area contributed by atoms with Crippen molar-refractivity contribution in [1.82, 2.24) is 20.2 Å². The maximum absolute atomic E-state index is 10.4. The molecule has 2 aromatic carbocycles. The van der Waals surface area contributed by atoms with Gasteiger partial charge < -0.3 is 19.7 Å². The van der Waals surface area contributed by atoms with Crippen LogP contribution in [0.15, 0.2) is 36.4 Å². The SMILES string of the molecule is COCCCn1nnnc1-c1cc(-c2ccc(OC(C)C)cc2)c(O)cc1O. The molecule has 0 atom stereocenters. The van der Waals surface area contributed by atoms with E-state index in [2.05, 4.69) is 15.5 Å². The van der Waals surface area contributed by atoms with Crippen LogP contribution in [0.25, 0.3) is 22.5 Å². The van der Waals surface area contributed by atoms with Crippen molar-refractivity contribution in [2.45, 2.75) is 32.9 Å². The predicted molar refractivity (Wildman–Crippen MR) is 104 cm³/mol. The van der Waals surface area contributed by atoms with Crippen molar-refractivity contribution in [3.05, 3.63) is 36.4 Å². The summed E-state index contributed by atoms with van der Waals surface area (Å²) >= 11 is 0. The highest BCUT2D eigenvalue weighted by Crippen LogP contribution is 2.39. The Morgan fingerprint density at radius 3 is 2.43 bits per heavy atom. The van der Waals surface area contributed by atoms with E-state index in [0.717, 1.165) is 17.7 Å². The molecule has 0 amide bonds. The lowest BCUT2D eigenvalue weighted by Crippen LogP contribution is -2.05. The summed E-state index contributed by atoms with van der Waals surface area (Å²) in [6.45, 7) is 5.05. The van der Waals surface area contributed by atoms with Gasteiger partial charge in [0.05, 0.1) is 11.7 Å². The zero-order valence-corrected chi connectivity index (χ0v) is 16.2. The summed E-state index contributed by atoms with van der Waals surface area (Å²) in [6, 6.07) is 10.4. The fourth-order valence-corrected chi connectivity index (χ4v) is 2.88. The number of phenols is 2. The molecule has 0 unspecified atom stereocenters. The Balaban J connectivity index is 1.95. The number of aromatic hydroxyl groups is 2. The fourth-order valence-electron chi connectivity index (χ4n) is 2.88. The fraction of sp³-hybridized carbons (Fsp3) is 0.350. The van der Waals surface area contributed by atoms with Gasteiger partial charge in [0, 0.05) is 31.9 Å². The van der Waals surface area contributed by atoms with Crippen LogP contribution in [0, 0.1) is 0 Å². The quantitative estimate of drug-likeness (QED) is 0.575. The smallest absolute Gasteiger partial charge is 0.185 e. The number of ether oxygens (including phenoxy) is 2. The van der Waals surface area contributed by atoms with E-state index in [1.807, 2.05) is 38.1 Å². The molecular weight excluding hydrogens is 360 g/mol. The minimum atomic E-state index is -0.0937. The molecule has 8 nitrogen and oxygen atoms in total. The van der Waals surface area contributed by atoms with Crippen molar-refractivity contribution in [3.63, 3.8) is 0 Å². The summed E-state index contributed by atoms with van der Waals surface area (Å²) in [6.07, 6.45) is 0.814. The third-order valence-electron chi connectivity index (χ3n) is 4.14. The van der Waals surface area contributed by atoms with Crippen LogP contribution in [-0.2, 0) is 11.3 Å². The van der Waals surface area contributed by atoms with Crippen LogP contribution in [0.5, 0.6) is 17.2 Å². The minimum Gasteiger partial charge on any atom is -0.507 e.